The van der Waals surface area contributed by atoms with Gasteiger partial charge in [0.1, 0.15) is 0 Å². The Morgan fingerprint density at radius 2 is 1.82 bits per heavy atom. The summed E-state index contributed by atoms with van der Waals surface area (Å²) in [5.41, 5.74) is 4.45. The summed E-state index contributed by atoms with van der Waals surface area (Å²) in [6.07, 6.45) is 2.08. The number of carbonyl (C=O) groups is 1. The van der Waals surface area contributed by atoms with Crippen molar-refractivity contribution in [3.63, 3.8) is 0 Å². The van der Waals surface area contributed by atoms with E-state index in [0.29, 0.717) is 27.5 Å². The monoisotopic (exact) mass is 394 g/mol. The summed E-state index contributed by atoms with van der Waals surface area (Å²) in [4.78, 5) is 19.5. The summed E-state index contributed by atoms with van der Waals surface area (Å²) in [6, 6.07) is 13.4. The summed E-state index contributed by atoms with van der Waals surface area (Å²) in [5.74, 6) is -0.299. The van der Waals surface area contributed by atoms with Gasteiger partial charge in [-0.15, -0.1) is 0 Å². The van der Waals surface area contributed by atoms with Crippen LogP contribution < -0.4 is 4.90 Å². The first-order valence-corrected chi connectivity index (χ1v) is 10.0. The number of nitrogens with zero attached hydrogens (tertiary/aromatic N) is 2. The highest BCUT2D eigenvalue weighted by Crippen LogP contribution is 2.39. The van der Waals surface area contributed by atoms with Crippen LogP contribution in [-0.4, -0.2) is 29.1 Å². The van der Waals surface area contributed by atoms with Crippen LogP contribution in [0.25, 0.3) is 22.2 Å². The molecule has 1 aliphatic heterocycles. The Bertz CT molecular complexity index is 1040. The minimum atomic E-state index is -0.948. The number of halogens is 1. The number of piperidine rings is 1. The predicted octanol–water partition coefficient (Wildman–Crippen LogP) is 5.80. The molecule has 0 amide bonds. The number of carboxylic acids is 1. The second-order valence-corrected chi connectivity index (χ2v) is 8.12. The van der Waals surface area contributed by atoms with Crippen LogP contribution in [0.4, 0.5) is 5.69 Å². The topological polar surface area (TPSA) is 53.4 Å². The number of benzene rings is 2. The molecule has 1 aromatic heterocycles. The van der Waals surface area contributed by atoms with Crippen LogP contribution >= 0.6 is 11.6 Å². The van der Waals surface area contributed by atoms with Crippen LogP contribution in [0.15, 0.2) is 42.5 Å². The van der Waals surface area contributed by atoms with E-state index < -0.39 is 5.97 Å². The van der Waals surface area contributed by atoms with Crippen molar-refractivity contribution in [2.24, 2.45) is 5.92 Å². The molecule has 0 bridgehead atoms. The summed E-state index contributed by atoms with van der Waals surface area (Å²) in [5, 5.41) is 11.3. The summed E-state index contributed by atoms with van der Waals surface area (Å²) < 4.78 is 0. The fourth-order valence-corrected chi connectivity index (χ4v) is 4.07. The Balaban J connectivity index is 2.03. The van der Waals surface area contributed by atoms with Gasteiger partial charge in [0.15, 0.2) is 0 Å². The number of anilines is 1. The van der Waals surface area contributed by atoms with Crippen molar-refractivity contribution in [2.45, 2.75) is 26.7 Å². The number of rotatable bonds is 3. The molecule has 5 heteroatoms. The van der Waals surface area contributed by atoms with Crippen molar-refractivity contribution in [1.29, 1.82) is 0 Å². The Labute approximate surface area is 169 Å². The molecule has 0 radical (unpaired) electrons. The van der Waals surface area contributed by atoms with Crippen LogP contribution in [-0.2, 0) is 0 Å². The van der Waals surface area contributed by atoms with E-state index in [4.69, 9.17) is 16.6 Å². The van der Waals surface area contributed by atoms with E-state index in [9.17, 15) is 9.90 Å². The molecule has 1 fully saturated rings. The molecule has 0 atom stereocenters. The van der Waals surface area contributed by atoms with Gasteiger partial charge in [-0.2, -0.15) is 0 Å². The van der Waals surface area contributed by atoms with Gasteiger partial charge in [-0.05, 0) is 43.9 Å². The molecule has 28 heavy (non-hydrogen) atoms. The minimum absolute atomic E-state index is 0.289. The summed E-state index contributed by atoms with van der Waals surface area (Å²) >= 11 is 6.19. The maximum Gasteiger partial charge on any atom is 0.338 e. The predicted molar refractivity (Wildman–Crippen MR) is 114 cm³/mol. The lowest BCUT2D eigenvalue weighted by atomic mass is 9.95. The van der Waals surface area contributed by atoms with Gasteiger partial charge in [0.25, 0.3) is 0 Å². The van der Waals surface area contributed by atoms with E-state index in [0.717, 1.165) is 42.8 Å². The molecular formula is C23H23ClN2O2. The van der Waals surface area contributed by atoms with Crippen LogP contribution in [0.5, 0.6) is 0 Å². The lowest BCUT2D eigenvalue weighted by molar-refractivity contribution is 0.0699. The molecule has 0 aliphatic carbocycles. The number of hydrogen-bond donors (Lipinski definition) is 1. The smallest absolute Gasteiger partial charge is 0.338 e. The Kier molecular flexibility index (Phi) is 4.98. The molecule has 4 rings (SSSR count). The van der Waals surface area contributed by atoms with Crippen molar-refractivity contribution in [2.75, 3.05) is 18.0 Å². The number of aromatic carboxylic acids is 1. The van der Waals surface area contributed by atoms with E-state index in [-0.39, 0.29) is 5.56 Å². The molecular weight excluding hydrogens is 372 g/mol. The summed E-state index contributed by atoms with van der Waals surface area (Å²) in [6.45, 7) is 5.94. The zero-order valence-electron chi connectivity index (χ0n) is 16.1. The zero-order valence-corrected chi connectivity index (χ0v) is 16.8. The van der Waals surface area contributed by atoms with Crippen LogP contribution in [0.2, 0.25) is 5.02 Å². The second kappa shape index (κ2) is 7.44. The number of aromatic nitrogens is 1. The van der Waals surface area contributed by atoms with Gasteiger partial charge < -0.3 is 10.0 Å². The molecule has 0 spiro atoms. The maximum absolute atomic E-state index is 12.4. The van der Waals surface area contributed by atoms with E-state index >= 15 is 0 Å². The molecule has 1 aliphatic rings. The first-order chi connectivity index (χ1) is 13.4. The normalized spacial score (nSPS) is 15.2. The van der Waals surface area contributed by atoms with Crippen molar-refractivity contribution in [1.82, 2.24) is 4.98 Å². The number of pyridine rings is 1. The van der Waals surface area contributed by atoms with Gasteiger partial charge in [-0.3, -0.25) is 0 Å². The number of fused-ring (bicyclic) bond motifs is 1. The van der Waals surface area contributed by atoms with Gasteiger partial charge in [0.05, 0.1) is 22.5 Å². The molecule has 2 heterocycles. The van der Waals surface area contributed by atoms with Gasteiger partial charge in [0, 0.05) is 29.1 Å². The standard InChI is InChI=1S/C23H23ClN2O2/c1-14-3-5-16(6-4-14)21-22(26-11-9-15(2)10-12-26)20(23(27)28)18-13-17(24)7-8-19(18)25-21/h3-8,13,15H,9-12H2,1-2H3,(H,27,28). The molecule has 144 valence electrons. The quantitative estimate of drug-likeness (QED) is 0.610. The maximum atomic E-state index is 12.4. The first kappa shape index (κ1) is 18.8. The van der Waals surface area contributed by atoms with Crippen molar-refractivity contribution in [3.05, 3.63) is 58.6 Å². The molecule has 4 nitrogen and oxygen atoms in total. The second-order valence-electron chi connectivity index (χ2n) is 7.69. The minimum Gasteiger partial charge on any atom is -0.478 e. The SMILES string of the molecule is Cc1ccc(-c2nc3ccc(Cl)cc3c(C(=O)O)c2N2CCC(C)CC2)cc1. The third-order valence-electron chi connectivity index (χ3n) is 5.56. The largest absolute Gasteiger partial charge is 0.478 e. The Hall–Kier alpha value is -2.59. The zero-order chi connectivity index (χ0) is 19.8. The number of hydrogen-bond acceptors (Lipinski definition) is 3. The van der Waals surface area contributed by atoms with E-state index in [1.54, 1.807) is 18.2 Å². The highest BCUT2D eigenvalue weighted by Gasteiger charge is 2.27. The summed E-state index contributed by atoms with van der Waals surface area (Å²) in [7, 11) is 0. The van der Waals surface area contributed by atoms with Crippen LogP contribution in [0, 0.1) is 12.8 Å². The lowest BCUT2D eigenvalue weighted by Crippen LogP contribution is -2.34. The number of aryl methyl sites for hydroxylation is 1. The molecule has 0 saturated carbocycles. The lowest BCUT2D eigenvalue weighted by Gasteiger charge is -2.34. The van der Waals surface area contributed by atoms with Gasteiger partial charge >= 0.3 is 5.97 Å². The van der Waals surface area contributed by atoms with Crippen molar-refractivity contribution >= 4 is 34.2 Å². The Morgan fingerprint density at radius 1 is 1.14 bits per heavy atom. The third-order valence-corrected chi connectivity index (χ3v) is 5.80. The van der Waals surface area contributed by atoms with Crippen LogP contribution in [0.3, 0.4) is 0 Å². The third kappa shape index (κ3) is 3.45. The highest BCUT2D eigenvalue weighted by molar-refractivity contribution is 6.31. The van der Waals surface area contributed by atoms with Gasteiger partial charge in [-0.25, -0.2) is 9.78 Å². The fourth-order valence-electron chi connectivity index (χ4n) is 3.89. The average molecular weight is 395 g/mol. The molecule has 3 aromatic rings. The van der Waals surface area contributed by atoms with E-state index in [1.165, 1.54) is 0 Å². The highest BCUT2D eigenvalue weighted by atomic mass is 35.5. The van der Waals surface area contributed by atoms with E-state index in [2.05, 4.69) is 11.8 Å². The average Bonchev–Trinajstić information content (AvgIpc) is 2.68. The molecule has 1 N–H and O–H groups in total. The molecule has 2 aromatic carbocycles. The van der Waals surface area contributed by atoms with E-state index in [1.807, 2.05) is 31.2 Å². The molecule has 1 saturated heterocycles. The Morgan fingerprint density at radius 3 is 2.46 bits per heavy atom. The van der Waals surface area contributed by atoms with Gasteiger partial charge in [-0.1, -0.05) is 48.4 Å². The first-order valence-electron chi connectivity index (χ1n) is 9.62. The van der Waals surface area contributed by atoms with Crippen molar-refractivity contribution in [3.8, 4) is 11.3 Å². The number of carboxylic acid groups (broad SMARTS) is 1. The van der Waals surface area contributed by atoms with Gasteiger partial charge in [0.2, 0.25) is 0 Å². The fraction of sp³-hybridized carbons (Fsp3) is 0.304. The molecule has 0 unspecified atom stereocenters. The van der Waals surface area contributed by atoms with Crippen LogP contribution in [0.1, 0.15) is 35.7 Å². The van der Waals surface area contributed by atoms with Crippen molar-refractivity contribution < 1.29 is 9.90 Å².